The molecular formula is C14H24N2O3S. The first-order chi connectivity index (χ1) is 9.40. The Kier molecular flexibility index (Phi) is 6.45. The number of benzene rings is 1. The summed E-state index contributed by atoms with van der Waals surface area (Å²) in [5.41, 5.74) is 0.798. The maximum absolute atomic E-state index is 11.9. The molecule has 0 saturated carbocycles. The third kappa shape index (κ3) is 4.77. The average molecular weight is 300 g/mol. The van der Waals surface area contributed by atoms with Gasteiger partial charge in [-0.25, -0.2) is 13.1 Å². The fourth-order valence-electron chi connectivity index (χ4n) is 1.69. The Labute approximate surface area is 121 Å². The lowest BCUT2D eigenvalue weighted by Crippen LogP contribution is -2.29. The number of hydrogen-bond acceptors (Lipinski definition) is 4. The zero-order chi connectivity index (χ0) is 15.2. The highest BCUT2D eigenvalue weighted by Gasteiger charge is 2.14. The molecule has 20 heavy (non-hydrogen) atoms. The Morgan fingerprint density at radius 3 is 2.25 bits per heavy atom. The van der Waals surface area contributed by atoms with E-state index in [0.717, 1.165) is 12.1 Å². The second-order valence-corrected chi connectivity index (χ2v) is 6.87. The Balaban J connectivity index is 2.78. The molecule has 0 amide bonds. The van der Waals surface area contributed by atoms with Crippen LogP contribution < -0.4 is 10.0 Å². The molecule has 0 spiro atoms. The molecule has 1 rings (SSSR count). The van der Waals surface area contributed by atoms with Crippen LogP contribution in [0.3, 0.4) is 0 Å². The summed E-state index contributed by atoms with van der Waals surface area (Å²) in [6.45, 7) is 6.41. The molecule has 0 saturated heterocycles. The van der Waals surface area contributed by atoms with Crippen LogP contribution in [0.25, 0.3) is 0 Å². The summed E-state index contributed by atoms with van der Waals surface area (Å²) >= 11 is 0. The van der Waals surface area contributed by atoms with Crippen LogP contribution in [0.1, 0.15) is 27.2 Å². The van der Waals surface area contributed by atoms with E-state index in [1.165, 1.54) is 0 Å². The van der Waals surface area contributed by atoms with Crippen LogP contribution in [0, 0.1) is 5.92 Å². The Bertz CT molecular complexity index is 498. The van der Waals surface area contributed by atoms with E-state index in [9.17, 15) is 13.5 Å². The molecule has 1 unspecified atom stereocenters. The molecular weight excluding hydrogens is 276 g/mol. The van der Waals surface area contributed by atoms with Crippen molar-refractivity contribution >= 4 is 15.7 Å². The SMILES string of the molecule is CCCNS(=O)(=O)c1ccc(NC(CO)C(C)C)cc1. The summed E-state index contributed by atoms with van der Waals surface area (Å²) in [7, 11) is -3.42. The highest BCUT2D eigenvalue weighted by molar-refractivity contribution is 7.89. The van der Waals surface area contributed by atoms with Crippen molar-refractivity contribution in [1.29, 1.82) is 0 Å². The highest BCUT2D eigenvalue weighted by atomic mass is 32.2. The molecule has 114 valence electrons. The van der Waals surface area contributed by atoms with Crippen LogP contribution in [-0.2, 0) is 10.0 Å². The molecule has 5 nitrogen and oxygen atoms in total. The lowest BCUT2D eigenvalue weighted by molar-refractivity contribution is 0.249. The van der Waals surface area contributed by atoms with Crippen molar-refractivity contribution in [2.45, 2.75) is 38.1 Å². The molecule has 0 radical (unpaired) electrons. The van der Waals surface area contributed by atoms with E-state index < -0.39 is 10.0 Å². The summed E-state index contributed by atoms with van der Waals surface area (Å²) in [5.74, 6) is 0.287. The second-order valence-electron chi connectivity index (χ2n) is 5.10. The van der Waals surface area contributed by atoms with Crippen LogP contribution in [0.2, 0.25) is 0 Å². The smallest absolute Gasteiger partial charge is 0.240 e. The van der Waals surface area contributed by atoms with Gasteiger partial charge in [0.25, 0.3) is 0 Å². The summed E-state index contributed by atoms with van der Waals surface area (Å²) in [4.78, 5) is 0.251. The van der Waals surface area contributed by atoms with E-state index in [-0.39, 0.29) is 23.5 Å². The number of aliphatic hydroxyl groups excluding tert-OH is 1. The van der Waals surface area contributed by atoms with Crippen molar-refractivity contribution in [2.75, 3.05) is 18.5 Å². The number of aliphatic hydroxyl groups is 1. The van der Waals surface area contributed by atoms with Gasteiger partial charge < -0.3 is 10.4 Å². The molecule has 6 heteroatoms. The van der Waals surface area contributed by atoms with Gasteiger partial charge in [0.05, 0.1) is 17.5 Å². The topological polar surface area (TPSA) is 78.4 Å². The Morgan fingerprint density at radius 1 is 1.20 bits per heavy atom. The fraction of sp³-hybridized carbons (Fsp3) is 0.571. The summed E-state index contributed by atoms with van der Waals surface area (Å²) in [6.07, 6.45) is 0.755. The molecule has 0 aliphatic heterocycles. The molecule has 0 heterocycles. The second kappa shape index (κ2) is 7.61. The van der Waals surface area contributed by atoms with Crippen molar-refractivity contribution in [3.05, 3.63) is 24.3 Å². The number of nitrogens with one attached hydrogen (secondary N) is 2. The molecule has 0 aliphatic carbocycles. The largest absolute Gasteiger partial charge is 0.394 e. The van der Waals surface area contributed by atoms with Gasteiger partial charge in [0.15, 0.2) is 0 Å². The molecule has 1 aromatic carbocycles. The van der Waals surface area contributed by atoms with Crippen molar-refractivity contribution < 1.29 is 13.5 Å². The molecule has 1 aromatic rings. The average Bonchev–Trinajstić information content (AvgIpc) is 2.42. The van der Waals surface area contributed by atoms with E-state index in [1.54, 1.807) is 24.3 Å². The van der Waals surface area contributed by atoms with Gasteiger partial charge >= 0.3 is 0 Å². The monoisotopic (exact) mass is 300 g/mol. The van der Waals surface area contributed by atoms with Gasteiger partial charge in [-0.1, -0.05) is 20.8 Å². The first-order valence-corrected chi connectivity index (χ1v) is 8.36. The Morgan fingerprint density at radius 2 is 1.80 bits per heavy atom. The quantitative estimate of drug-likeness (QED) is 0.684. The van der Waals surface area contributed by atoms with E-state index in [2.05, 4.69) is 10.0 Å². The van der Waals surface area contributed by atoms with Gasteiger partial charge in [-0.05, 0) is 36.6 Å². The van der Waals surface area contributed by atoms with E-state index >= 15 is 0 Å². The van der Waals surface area contributed by atoms with Crippen LogP contribution >= 0.6 is 0 Å². The molecule has 0 aromatic heterocycles. The normalized spacial score (nSPS) is 13.4. The van der Waals surface area contributed by atoms with Gasteiger partial charge in [0.2, 0.25) is 10.0 Å². The molecule has 1 atom stereocenters. The molecule has 0 aliphatic rings. The summed E-state index contributed by atoms with van der Waals surface area (Å²) in [6, 6.07) is 6.51. The minimum atomic E-state index is -3.42. The first-order valence-electron chi connectivity index (χ1n) is 6.87. The minimum Gasteiger partial charge on any atom is -0.394 e. The highest BCUT2D eigenvalue weighted by Crippen LogP contribution is 2.16. The number of hydrogen-bond donors (Lipinski definition) is 3. The van der Waals surface area contributed by atoms with Gasteiger partial charge in [-0.2, -0.15) is 0 Å². The number of anilines is 1. The Hall–Kier alpha value is -1.11. The van der Waals surface area contributed by atoms with E-state index in [0.29, 0.717) is 6.54 Å². The zero-order valence-electron chi connectivity index (χ0n) is 12.3. The predicted octanol–water partition coefficient (Wildman–Crippen LogP) is 1.80. The number of sulfonamides is 1. The minimum absolute atomic E-state index is 0.0375. The van der Waals surface area contributed by atoms with Crippen molar-refractivity contribution in [1.82, 2.24) is 4.72 Å². The van der Waals surface area contributed by atoms with Gasteiger partial charge in [-0.15, -0.1) is 0 Å². The lowest BCUT2D eigenvalue weighted by Gasteiger charge is -2.21. The maximum atomic E-state index is 11.9. The van der Waals surface area contributed by atoms with E-state index in [4.69, 9.17) is 0 Å². The standard InChI is InChI=1S/C14H24N2O3S/c1-4-9-15-20(18,19)13-7-5-12(6-8-13)16-14(10-17)11(2)3/h5-8,11,14-17H,4,9-10H2,1-3H3. The van der Waals surface area contributed by atoms with Gasteiger partial charge in [0.1, 0.15) is 0 Å². The number of rotatable bonds is 8. The summed E-state index contributed by atoms with van der Waals surface area (Å²) < 4.78 is 26.4. The maximum Gasteiger partial charge on any atom is 0.240 e. The van der Waals surface area contributed by atoms with E-state index in [1.807, 2.05) is 20.8 Å². The molecule has 0 bridgehead atoms. The first kappa shape index (κ1) is 16.9. The molecule has 0 fully saturated rings. The van der Waals surface area contributed by atoms with Crippen LogP contribution in [-0.4, -0.2) is 32.7 Å². The van der Waals surface area contributed by atoms with Crippen LogP contribution in [0.15, 0.2) is 29.2 Å². The van der Waals surface area contributed by atoms with Crippen molar-refractivity contribution in [3.8, 4) is 0 Å². The fourth-order valence-corrected chi connectivity index (χ4v) is 2.82. The lowest BCUT2D eigenvalue weighted by atomic mass is 10.1. The predicted molar refractivity (Wildman–Crippen MR) is 81.3 cm³/mol. The third-order valence-corrected chi connectivity index (χ3v) is 4.54. The zero-order valence-corrected chi connectivity index (χ0v) is 13.1. The van der Waals surface area contributed by atoms with Gasteiger partial charge in [0, 0.05) is 12.2 Å². The van der Waals surface area contributed by atoms with Gasteiger partial charge in [-0.3, -0.25) is 0 Å². The van der Waals surface area contributed by atoms with Crippen LogP contribution in [0.5, 0.6) is 0 Å². The van der Waals surface area contributed by atoms with Crippen molar-refractivity contribution in [3.63, 3.8) is 0 Å². The molecule has 3 N–H and O–H groups in total. The van der Waals surface area contributed by atoms with Crippen LogP contribution in [0.4, 0.5) is 5.69 Å². The van der Waals surface area contributed by atoms with Crippen molar-refractivity contribution in [2.24, 2.45) is 5.92 Å². The summed E-state index contributed by atoms with van der Waals surface area (Å²) in [5, 5.41) is 12.5. The third-order valence-electron chi connectivity index (χ3n) is 3.06.